The van der Waals surface area contributed by atoms with Gasteiger partial charge in [-0.3, -0.25) is 9.36 Å². The lowest BCUT2D eigenvalue weighted by atomic mass is 9.99. The van der Waals surface area contributed by atoms with Gasteiger partial charge in [0.1, 0.15) is 23.3 Å². The second-order valence-corrected chi connectivity index (χ2v) is 8.67. The molecule has 186 valence electrons. The van der Waals surface area contributed by atoms with Crippen LogP contribution in [0.2, 0.25) is 5.02 Å². The van der Waals surface area contributed by atoms with Crippen molar-refractivity contribution < 1.29 is 18.0 Å². The predicted molar refractivity (Wildman–Crippen MR) is 135 cm³/mol. The number of benzene rings is 2. The second kappa shape index (κ2) is 9.90. The Bertz CT molecular complexity index is 1560. The molecule has 2 aromatic heterocycles. The predicted octanol–water partition coefficient (Wildman–Crippen LogP) is 6.27. The third-order valence-corrected chi connectivity index (χ3v) is 5.80. The van der Waals surface area contributed by atoms with Crippen LogP contribution in [-0.4, -0.2) is 22.6 Å². The Balaban J connectivity index is 1.77. The number of fused-ring (bicyclic) bond motifs is 1. The van der Waals surface area contributed by atoms with Crippen LogP contribution < -0.4 is 21.5 Å². The first kappa shape index (κ1) is 25.1. The molecule has 0 aliphatic carbocycles. The van der Waals surface area contributed by atoms with Crippen molar-refractivity contribution in [2.24, 2.45) is 0 Å². The topological polar surface area (TPSA) is 88.0 Å². The third kappa shape index (κ3) is 4.85. The molecule has 2 aromatic carbocycles. The highest BCUT2D eigenvalue weighted by molar-refractivity contribution is 6.32. The molecule has 0 bridgehead atoms. The molecule has 4 aromatic rings. The number of carbonyl (C=O) groups is 1. The molecule has 0 aliphatic heterocycles. The van der Waals surface area contributed by atoms with Crippen molar-refractivity contribution in [3.8, 4) is 5.69 Å². The molecule has 36 heavy (non-hydrogen) atoms. The molecule has 3 N–H and O–H groups in total. The maximum atomic E-state index is 14.7. The first-order valence-electron chi connectivity index (χ1n) is 10.8. The summed E-state index contributed by atoms with van der Waals surface area (Å²) in [5, 5.41) is 8.69. The van der Waals surface area contributed by atoms with Crippen LogP contribution in [0.15, 0.2) is 53.6 Å². The fourth-order valence-corrected chi connectivity index (χ4v) is 4.04. The molecule has 0 radical (unpaired) electrons. The minimum absolute atomic E-state index is 0.0704. The Morgan fingerprint density at radius 3 is 2.39 bits per heavy atom. The molecule has 0 unspecified atom stereocenters. The zero-order valence-corrected chi connectivity index (χ0v) is 20.2. The lowest BCUT2D eigenvalue weighted by molar-refractivity contribution is 0.262. The number of urea groups is 1. The van der Waals surface area contributed by atoms with Crippen molar-refractivity contribution in [1.82, 2.24) is 9.55 Å². The van der Waals surface area contributed by atoms with Crippen molar-refractivity contribution >= 4 is 45.6 Å². The van der Waals surface area contributed by atoms with E-state index in [4.69, 9.17) is 11.6 Å². The monoisotopic (exact) mass is 515 g/mol. The van der Waals surface area contributed by atoms with Crippen molar-refractivity contribution in [3.63, 3.8) is 0 Å². The van der Waals surface area contributed by atoms with E-state index in [-0.39, 0.29) is 33.6 Å². The van der Waals surface area contributed by atoms with Crippen LogP contribution in [0.4, 0.5) is 35.2 Å². The molecule has 0 fully saturated rings. The lowest BCUT2D eigenvalue weighted by Gasteiger charge is -2.17. The minimum Gasteiger partial charge on any atom is -0.373 e. The number of halogens is 4. The zero-order valence-electron chi connectivity index (χ0n) is 19.4. The van der Waals surface area contributed by atoms with E-state index in [1.54, 1.807) is 19.3 Å². The summed E-state index contributed by atoms with van der Waals surface area (Å²) in [5.41, 5.74) is -0.359. The average molecular weight is 516 g/mol. The van der Waals surface area contributed by atoms with Crippen LogP contribution in [0, 0.1) is 17.5 Å². The molecule has 0 atom stereocenters. The molecule has 0 saturated heterocycles. The first-order chi connectivity index (χ1) is 17.1. The lowest BCUT2D eigenvalue weighted by Crippen LogP contribution is -2.24. The molecule has 7 nitrogen and oxygen atoms in total. The van der Waals surface area contributed by atoms with Gasteiger partial charge in [0.2, 0.25) is 0 Å². The van der Waals surface area contributed by atoms with E-state index < -0.39 is 23.5 Å². The number of hydrogen-bond donors (Lipinski definition) is 3. The van der Waals surface area contributed by atoms with E-state index >= 15 is 0 Å². The number of nitrogens with zero attached hydrogens (tertiary/aromatic N) is 2. The van der Waals surface area contributed by atoms with Crippen molar-refractivity contribution in [1.29, 1.82) is 0 Å². The van der Waals surface area contributed by atoms with E-state index in [1.165, 1.54) is 16.8 Å². The second-order valence-electron chi connectivity index (χ2n) is 8.27. The van der Waals surface area contributed by atoms with Gasteiger partial charge >= 0.3 is 6.03 Å². The highest BCUT2D eigenvalue weighted by Crippen LogP contribution is 2.30. The Labute approximate surface area is 208 Å². The smallest absolute Gasteiger partial charge is 0.323 e. The molecular formula is C25H21ClF3N5O2. The fourth-order valence-electron chi connectivity index (χ4n) is 3.80. The van der Waals surface area contributed by atoms with E-state index in [0.29, 0.717) is 28.2 Å². The number of amides is 2. The number of pyridine rings is 2. The Hall–Kier alpha value is -4.05. The van der Waals surface area contributed by atoms with Gasteiger partial charge in [-0.15, -0.1) is 0 Å². The highest BCUT2D eigenvalue weighted by Gasteiger charge is 2.19. The van der Waals surface area contributed by atoms with E-state index in [9.17, 15) is 22.8 Å². The minimum atomic E-state index is -0.999. The van der Waals surface area contributed by atoms with Gasteiger partial charge in [0.25, 0.3) is 5.56 Å². The Kier molecular flexibility index (Phi) is 6.89. The number of anilines is 3. The highest BCUT2D eigenvalue weighted by atomic mass is 35.5. The Morgan fingerprint density at radius 2 is 1.72 bits per heavy atom. The third-order valence-electron chi connectivity index (χ3n) is 5.50. The van der Waals surface area contributed by atoms with E-state index in [0.717, 1.165) is 18.2 Å². The number of nitrogens with one attached hydrogen (secondary N) is 3. The quantitative estimate of drug-likeness (QED) is 0.292. The van der Waals surface area contributed by atoms with Gasteiger partial charge in [0.05, 0.1) is 22.1 Å². The van der Waals surface area contributed by atoms with Crippen molar-refractivity contribution in [2.75, 3.05) is 23.0 Å². The van der Waals surface area contributed by atoms with Gasteiger partial charge in [-0.25, -0.2) is 22.9 Å². The summed E-state index contributed by atoms with van der Waals surface area (Å²) in [6, 6.07) is 5.54. The van der Waals surface area contributed by atoms with Gasteiger partial charge in [-0.1, -0.05) is 25.4 Å². The first-order valence-corrected chi connectivity index (χ1v) is 11.2. The maximum absolute atomic E-state index is 14.7. The fraction of sp³-hybridized carbons (Fsp3) is 0.160. The molecule has 0 spiro atoms. The molecular weight excluding hydrogens is 495 g/mol. The van der Waals surface area contributed by atoms with E-state index in [2.05, 4.69) is 20.9 Å². The summed E-state index contributed by atoms with van der Waals surface area (Å²) in [6.45, 7) is 3.75. The summed E-state index contributed by atoms with van der Waals surface area (Å²) in [5.74, 6) is -2.26. The molecule has 2 amide bonds. The molecule has 4 rings (SSSR count). The number of rotatable bonds is 5. The van der Waals surface area contributed by atoms with Crippen LogP contribution in [-0.2, 0) is 0 Å². The molecule has 0 saturated carbocycles. The summed E-state index contributed by atoms with van der Waals surface area (Å²) in [6.07, 6.45) is 3.14. The normalized spacial score (nSPS) is 11.1. The van der Waals surface area contributed by atoms with Crippen molar-refractivity contribution in [3.05, 3.63) is 87.2 Å². The number of carbonyl (C=O) groups excluding carboxylic acids is 1. The van der Waals surface area contributed by atoms with Gasteiger partial charge in [0, 0.05) is 36.5 Å². The Morgan fingerprint density at radius 1 is 1.03 bits per heavy atom. The molecule has 2 heterocycles. The van der Waals surface area contributed by atoms with Crippen LogP contribution in [0.5, 0.6) is 0 Å². The summed E-state index contributed by atoms with van der Waals surface area (Å²) in [7, 11) is 1.72. The standard InChI is InChI=1S/C25H21ClF3N5O2/c1-12(2)23-15-7-22(30-3)31-10-13(15)11-34(24(23)35)21-9-20(18(29)8-16(21)26)33-25(36)32-19-5-4-14(27)6-17(19)28/h4-12,30H,1-3H3,(H2,32,33,36). The zero-order chi connectivity index (χ0) is 26.1. The summed E-state index contributed by atoms with van der Waals surface area (Å²) >= 11 is 6.30. The van der Waals surface area contributed by atoms with Gasteiger partial charge in [0.15, 0.2) is 0 Å². The number of hydrogen-bond acceptors (Lipinski definition) is 4. The maximum Gasteiger partial charge on any atom is 0.323 e. The number of aromatic nitrogens is 2. The van der Waals surface area contributed by atoms with E-state index in [1.807, 2.05) is 13.8 Å². The van der Waals surface area contributed by atoms with Crippen LogP contribution in [0.25, 0.3) is 16.5 Å². The van der Waals surface area contributed by atoms with Crippen molar-refractivity contribution in [2.45, 2.75) is 19.8 Å². The van der Waals surface area contributed by atoms with Crippen LogP contribution in [0.3, 0.4) is 0 Å². The van der Waals surface area contributed by atoms with Crippen LogP contribution >= 0.6 is 11.6 Å². The average Bonchev–Trinajstić information content (AvgIpc) is 2.81. The largest absolute Gasteiger partial charge is 0.373 e. The SMILES string of the molecule is CNc1cc2c(C(C)C)c(=O)n(-c3cc(NC(=O)Nc4ccc(F)cc4F)c(F)cc3Cl)cc2cn1. The van der Waals surface area contributed by atoms with Gasteiger partial charge in [-0.05, 0) is 41.6 Å². The summed E-state index contributed by atoms with van der Waals surface area (Å²) < 4.78 is 42.9. The molecule has 11 heteroatoms. The van der Waals surface area contributed by atoms with Gasteiger partial charge < -0.3 is 16.0 Å². The summed E-state index contributed by atoms with van der Waals surface area (Å²) in [4.78, 5) is 30.2. The van der Waals surface area contributed by atoms with Gasteiger partial charge in [-0.2, -0.15) is 0 Å². The van der Waals surface area contributed by atoms with Crippen LogP contribution in [0.1, 0.15) is 25.3 Å². The molecule has 0 aliphatic rings.